The van der Waals surface area contributed by atoms with E-state index in [1.807, 2.05) is 6.07 Å². The summed E-state index contributed by atoms with van der Waals surface area (Å²) in [5.74, 6) is -0.753. The maximum Gasteiger partial charge on any atom is 0.355 e. The number of hydrogen-bond acceptors (Lipinski definition) is 6. The first-order chi connectivity index (χ1) is 17.7. The average Bonchev–Trinajstić information content (AvgIpc) is 3.37. The van der Waals surface area contributed by atoms with Gasteiger partial charge in [0.2, 0.25) is 0 Å². The number of halogens is 5. The van der Waals surface area contributed by atoms with E-state index in [4.69, 9.17) is 62.7 Å². The van der Waals surface area contributed by atoms with Crippen LogP contribution in [-0.4, -0.2) is 18.1 Å². The van der Waals surface area contributed by atoms with Crippen molar-refractivity contribution < 1.29 is 14.3 Å². The number of hydrogen-bond donors (Lipinski definition) is 1. The summed E-state index contributed by atoms with van der Waals surface area (Å²) in [4.78, 5) is 25.8. The van der Waals surface area contributed by atoms with Crippen molar-refractivity contribution in [2.75, 3.05) is 0 Å². The molecular formula is C25H11Cl5N2O3S2. The summed E-state index contributed by atoms with van der Waals surface area (Å²) in [6, 6.07) is 15.1. The molecule has 37 heavy (non-hydrogen) atoms. The Kier molecular flexibility index (Phi) is 7.65. The van der Waals surface area contributed by atoms with E-state index >= 15 is 0 Å². The maximum absolute atomic E-state index is 12.7. The van der Waals surface area contributed by atoms with Crippen LogP contribution in [0.4, 0.5) is 0 Å². The summed E-state index contributed by atoms with van der Waals surface area (Å²) in [6.45, 7) is 0. The van der Waals surface area contributed by atoms with E-state index in [1.165, 1.54) is 17.6 Å². The van der Waals surface area contributed by atoms with E-state index in [0.717, 1.165) is 16.0 Å². The number of esters is 1. The van der Waals surface area contributed by atoms with Gasteiger partial charge in [0.25, 0.3) is 5.91 Å². The van der Waals surface area contributed by atoms with Gasteiger partial charge in [-0.2, -0.15) is 5.10 Å². The van der Waals surface area contributed by atoms with Gasteiger partial charge in [-0.3, -0.25) is 4.79 Å². The van der Waals surface area contributed by atoms with Crippen molar-refractivity contribution in [1.29, 1.82) is 0 Å². The molecule has 5 rings (SSSR count). The highest BCUT2D eigenvalue weighted by Crippen LogP contribution is 2.41. The number of carbonyl (C=O) groups excluding carboxylic acids is 2. The Hall–Kier alpha value is -2.36. The van der Waals surface area contributed by atoms with Gasteiger partial charge in [0, 0.05) is 25.2 Å². The summed E-state index contributed by atoms with van der Waals surface area (Å²) in [7, 11) is 0. The molecule has 0 spiro atoms. The smallest absolute Gasteiger partial charge is 0.355 e. The monoisotopic (exact) mass is 626 g/mol. The van der Waals surface area contributed by atoms with E-state index in [0.29, 0.717) is 41.9 Å². The van der Waals surface area contributed by atoms with Gasteiger partial charge < -0.3 is 4.74 Å². The average molecular weight is 629 g/mol. The van der Waals surface area contributed by atoms with Crippen LogP contribution in [0.15, 0.2) is 59.7 Å². The van der Waals surface area contributed by atoms with Crippen molar-refractivity contribution in [3.05, 3.63) is 95.0 Å². The minimum Gasteiger partial charge on any atom is -0.422 e. The van der Waals surface area contributed by atoms with Crippen molar-refractivity contribution in [2.45, 2.75) is 0 Å². The highest BCUT2D eigenvalue weighted by atomic mass is 35.5. The Morgan fingerprint density at radius 2 is 1.49 bits per heavy atom. The second-order valence-corrected chi connectivity index (χ2v) is 11.6. The Morgan fingerprint density at radius 1 is 0.811 bits per heavy atom. The van der Waals surface area contributed by atoms with Crippen LogP contribution >= 0.6 is 80.7 Å². The zero-order valence-corrected chi connectivity index (χ0v) is 23.6. The molecular weight excluding hydrogens is 618 g/mol. The molecule has 0 saturated carbocycles. The highest BCUT2D eigenvalue weighted by molar-refractivity contribution is 7.22. The van der Waals surface area contributed by atoms with Gasteiger partial charge in [-0.1, -0.05) is 64.1 Å². The number of nitrogens with zero attached hydrogens (tertiary/aromatic N) is 1. The Morgan fingerprint density at radius 3 is 2.22 bits per heavy atom. The van der Waals surface area contributed by atoms with E-state index < -0.39 is 11.9 Å². The molecule has 5 aromatic rings. The molecule has 0 radical (unpaired) electrons. The van der Waals surface area contributed by atoms with E-state index in [2.05, 4.69) is 10.5 Å². The highest BCUT2D eigenvalue weighted by Gasteiger charge is 2.21. The molecule has 2 heterocycles. The molecule has 0 unspecified atom stereocenters. The third kappa shape index (κ3) is 5.31. The molecule has 0 atom stereocenters. The zero-order valence-electron chi connectivity index (χ0n) is 18.2. The normalized spacial score (nSPS) is 11.5. The summed E-state index contributed by atoms with van der Waals surface area (Å²) in [5.41, 5.74) is 3.10. The molecule has 0 saturated heterocycles. The Labute approximate surface area is 243 Å². The molecule has 5 nitrogen and oxygen atoms in total. The molecule has 3 aromatic carbocycles. The summed E-state index contributed by atoms with van der Waals surface area (Å²) in [5, 5.41) is 6.96. The first-order valence-corrected chi connectivity index (χ1v) is 13.8. The lowest BCUT2D eigenvalue weighted by Gasteiger charge is -2.03. The van der Waals surface area contributed by atoms with Gasteiger partial charge in [-0.25, -0.2) is 10.2 Å². The van der Waals surface area contributed by atoms with Crippen LogP contribution in [0.25, 0.3) is 20.2 Å². The van der Waals surface area contributed by atoms with Crippen LogP contribution < -0.4 is 10.2 Å². The molecule has 0 bridgehead atoms. The number of carbonyl (C=O) groups is 2. The van der Waals surface area contributed by atoms with Crippen molar-refractivity contribution in [3.63, 3.8) is 0 Å². The third-order valence-electron chi connectivity index (χ3n) is 5.12. The topological polar surface area (TPSA) is 67.8 Å². The molecule has 0 aliphatic heterocycles. The Balaban J connectivity index is 1.25. The molecule has 0 fully saturated rings. The predicted octanol–water partition coefficient (Wildman–Crippen LogP) is 9.37. The Bertz CT molecular complexity index is 1730. The lowest BCUT2D eigenvalue weighted by atomic mass is 10.2. The minimum atomic E-state index is -0.586. The van der Waals surface area contributed by atoms with Gasteiger partial charge >= 0.3 is 5.97 Å². The van der Waals surface area contributed by atoms with Gasteiger partial charge in [0.05, 0.1) is 26.3 Å². The molecule has 0 aliphatic rings. The van der Waals surface area contributed by atoms with Crippen LogP contribution in [0.5, 0.6) is 5.75 Å². The quantitative estimate of drug-likeness (QED) is 0.0913. The lowest BCUT2D eigenvalue weighted by molar-refractivity contribution is 0.0739. The zero-order chi connectivity index (χ0) is 26.3. The van der Waals surface area contributed by atoms with Crippen molar-refractivity contribution in [3.8, 4) is 5.75 Å². The first-order valence-electron chi connectivity index (χ1n) is 10.3. The maximum atomic E-state index is 12.7. The van der Waals surface area contributed by atoms with Crippen LogP contribution in [0.3, 0.4) is 0 Å². The second kappa shape index (κ2) is 10.8. The van der Waals surface area contributed by atoms with Crippen molar-refractivity contribution in [1.82, 2.24) is 5.43 Å². The number of rotatable bonds is 5. The number of amides is 1. The molecule has 1 N–H and O–H groups in total. The number of thiophene rings is 2. The number of hydrazone groups is 1. The molecule has 1 amide bonds. The minimum absolute atomic E-state index is 0.238. The van der Waals surface area contributed by atoms with E-state index in [-0.39, 0.29) is 19.8 Å². The van der Waals surface area contributed by atoms with Crippen LogP contribution in [0, 0.1) is 0 Å². The van der Waals surface area contributed by atoms with Crippen LogP contribution in [0.1, 0.15) is 24.9 Å². The van der Waals surface area contributed by atoms with Crippen LogP contribution in [0.2, 0.25) is 25.1 Å². The number of benzene rings is 3. The van der Waals surface area contributed by atoms with Crippen molar-refractivity contribution in [2.24, 2.45) is 5.10 Å². The number of fused-ring (bicyclic) bond motifs is 2. The van der Waals surface area contributed by atoms with Gasteiger partial charge in [-0.05, 0) is 54.1 Å². The summed E-state index contributed by atoms with van der Waals surface area (Å²) >= 11 is 33.6. The summed E-state index contributed by atoms with van der Waals surface area (Å²) < 4.78 is 6.95. The standard InChI is InChI=1S/C25H11Cl5N2O3S2/c26-12-8-15(28)19-17(9-12)37-22(20(19)29)24(33)32-31-10-11-4-6-13(7-5-11)35-25(34)23-21(30)18-14(27)2-1-3-16(18)36-23/h1-10H,(H,32,33)/b31-10-. The molecule has 186 valence electrons. The SMILES string of the molecule is O=C(N/N=C\c1ccc(OC(=O)c2sc3cccc(Cl)c3c2Cl)cc1)c1sc2cc(Cl)cc(Cl)c2c1Cl. The third-order valence-corrected chi connectivity index (χ3v) is 9.20. The van der Waals surface area contributed by atoms with E-state index in [9.17, 15) is 9.59 Å². The molecule has 2 aromatic heterocycles. The van der Waals surface area contributed by atoms with Gasteiger partial charge in [-0.15, -0.1) is 22.7 Å². The van der Waals surface area contributed by atoms with Crippen molar-refractivity contribution >= 4 is 119 Å². The summed E-state index contributed by atoms with van der Waals surface area (Å²) in [6.07, 6.45) is 1.44. The fraction of sp³-hybridized carbons (Fsp3) is 0. The predicted molar refractivity (Wildman–Crippen MR) is 155 cm³/mol. The van der Waals surface area contributed by atoms with E-state index in [1.54, 1.807) is 48.5 Å². The molecule has 12 heteroatoms. The molecule has 0 aliphatic carbocycles. The van der Waals surface area contributed by atoms with Crippen LogP contribution in [-0.2, 0) is 0 Å². The van der Waals surface area contributed by atoms with Gasteiger partial charge in [0.1, 0.15) is 15.5 Å². The largest absolute Gasteiger partial charge is 0.422 e. The fourth-order valence-corrected chi connectivity index (χ4v) is 7.54. The fourth-order valence-electron chi connectivity index (χ4n) is 3.45. The number of ether oxygens (including phenoxy) is 1. The number of nitrogens with one attached hydrogen (secondary N) is 1. The first kappa shape index (κ1) is 26.3. The lowest BCUT2D eigenvalue weighted by Crippen LogP contribution is -2.16. The second-order valence-electron chi connectivity index (χ2n) is 7.52. The van der Waals surface area contributed by atoms with Gasteiger partial charge in [0.15, 0.2) is 0 Å².